The van der Waals surface area contributed by atoms with Gasteiger partial charge in [0.05, 0.1) is 0 Å². The molecule has 9 heteroatoms. The van der Waals surface area contributed by atoms with E-state index < -0.39 is 0 Å². The van der Waals surface area contributed by atoms with Crippen LogP contribution in [0.15, 0.2) is 231 Å². The van der Waals surface area contributed by atoms with Gasteiger partial charge in [-0.25, -0.2) is 29.9 Å². The fourth-order valence-corrected chi connectivity index (χ4v) is 13.7. The van der Waals surface area contributed by atoms with Crippen molar-refractivity contribution < 1.29 is 0 Å². The van der Waals surface area contributed by atoms with Crippen molar-refractivity contribution in [3.63, 3.8) is 0 Å². The van der Waals surface area contributed by atoms with Crippen LogP contribution in [0.1, 0.15) is 0 Å². The second-order valence-corrected chi connectivity index (χ2v) is 21.8. The molecule has 5 heterocycles. The summed E-state index contributed by atoms with van der Waals surface area (Å²) in [6.07, 6.45) is 0. The fourth-order valence-electron chi connectivity index (χ4n) is 10.3. The topological polar surface area (TPSA) is 77.3 Å². The van der Waals surface area contributed by atoms with Gasteiger partial charge in [-0.3, -0.25) is 0 Å². The Morgan fingerprint density at radius 2 is 0.573 bits per heavy atom. The largest absolute Gasteiger partial charge is 0.208 e. The molecule has 0 aliphatic carbocycles. The van der Waals surface area contributed by atoms with Crippen LogP contribution in [0, 0.1) is 0 Å². The first kappa shape index (κ1) is 43.5. The lowest BCUT2D eigenvalue weighted by Gasteiger charge is -2.09. The molecule has 0 bridgehead atoms. The Morgan fingerprint density at radius 3 is 1.15 bits per heavy atom. The molecule has 0 radical (unpaired) electrons. The Balaban J connectivity index is 0.759. The molecule has 15 aromatic rings. The van der Waals surface area contributed by atoms with Crippen molar-refractivity contribution in [2.24, 2.45) is 0 Å². The molecule has 0 unspecified atom stereocenters. The summed E-state index contributed by atoms with van der Waals surface area (Å²) in [5, 5.41) is 7.38. The van der Waals surface area contributed by atoms with Gasteiger partial charge in [0.2, 0.25) is 0 Å². The third-order valence-electron chi connectivity index (χ3n) is 14.0. The summed E-state index contributed by atoms with van der Waals surface area (Å²) in [4.78, 5) is 30.2. The van der Waals surface area contributed by atoms with Gasteiger partial charge in [0, 0.05) is 93.9 Å². The van der Waals surface area contributed by atoms with Crippen LogP contribution < -0.4 is 0 Å². The fraction of sp³-hybridized carbons (Fsp3) is 0. The zero-order chi connectivity index (χ0) is 49.4. The first-order valence-corrected chi connectivity index (χ1v) is 27.2. The lowest BCUT2D eigenvalue weighted by atomic mass is 9.99. The zero-order valence-corrected chi connectivity index (χ0v) is 42.3. The Kier molecular flexibility index (Phi) is 10.3. The quantitative estimate of drug-likeness (QED) is 0.151. The molecule has 0 N–H and O–H groups in total. The molecule has 6 nitrogen and oxygen atoms in total. The van der Waals surface area contributed by atoms with E-state index in [0.29, 0.717) is 34.9 Å². The number of hydrogen-bond acceptors (Lipinski definition) is 9. The van der Waals surface area contributed by atoms with E-state index >= 15 is 0 Å². The van der Waals surface area contributed by atoms with Gasteiger partial charge in [0.25, 0.3) is 0 Å². The van der Waals surface area contributed by atoms with E-state index in [0.717, 1.165) is 44.5 Å². The summed E-state index contributed by atoms with van der Waals surface area (Å²) in [7, 11) is 0. The SMILES string of the molecule is c1ccc(-c2nc(-c3ccccc3)nc(-c3ccc(-c4ccc5sc6cc(-c7cccc8c7sc7ccc(-c9nc(-c%10ccccc%10)nc(-c%10ccc%11sc%12ccccc%12c%11c%10)n9)cc78)ccc6c5c4)cc3)n2)cc1. The van der Waals surface area contributed by atoms with Crippen LogP contribution in [0.4, 0.5) is 0 Å². The normalized spacial score (nSPS) is 11.7. The van der Waals surface area contributed by atoms with Crippen LogP contribution in [-0.4, -0.2) is 29.9 Å². The van der Waals surface area contributed by atoms with Crippen molar-refractivity contribution in [1.82, 2.24) is 29.9 Å². The van der Waals surface area contributed by atoms with Gasteiger partial charge < -0.3 is 0 Å². The molecular formula is C66H38N6S3. The maximum Gasteiger partial charge on any atom is 0.164 e. The van der Waals surface area contributed by atoms with E-state index in [4.69, 9.17) is 29.9 Å². The van der Waals surface area contributed by atoms with Crippen LogP contribution in [0.3, 0.4) is 0 Å². The van der Waals surface area contributed by atoms with Crippen LogP contribution in [0.25, 0.3) is 151 Å². The Morgan fingerprint density at radius 1 is 0.200 bits per heavy atom. The highest BCUT2D eigenvalue weighted by Gasteiger charge is 2.19. The summed E-state index contributed by atoms with van der Waals surface area (Å²) < 4.78 is 7.53. The van der Waals surface area contributed by atoms with Crippen molar-refractivity contribution >= 4 is 94.5 Å². The molecule has 5 aromatic heterocycles. The van der Waals surface area contributed by atoms with Gasteiger partial charge in [-0.05, 0) is 82.9 Å². The molecule has 0 spiro atoms. The molecule has 0 fully saturated rings. The summed E-state index contributed by atoms with van der Waals surface area (Å²) in [5.41, 5.74) is 10.4. The summed E-state index contributed by atoms with van der Waals surface area (Å²) in [6, 6.07) is 81.2. The molecule has 0 aliphatic rings. The predicted molar refractivity (Wildman–Crippen MR) is 315 cm³/mol. The van der Waals surface area contributed by atoms with E-state index in [1.807, 2.05) is 113 Å². The van der Waals surface area contributed by atoms with Gasteiger partial charge >= 0.3 is 0 Å². The highest BCUT2D eigenvalue weighted by molar-refractivity contribution is 7.27. The number of fused-ring (bicyclic) bond motifs is 9. The van der Waals surface area contributed by atoms with E-state index in [-0.39, 0.29) is 0 Å². The van der Waals surface area contributed by atoms with Crippen LogP contribution in [-0.2, 0) is 0 Å². The molecule has 0 saturated carbocycles. The van der Waals surface area contributed by atoms with E-state index in [1.165, 1.54) is 71.6 Å². The van der Waals surface area contributed by atoms with Crippen molar-refractivity contribution in [2.45, 2.75) is 0 Å². The minimum absolute atomic E-state index is 0.643. The standard InChI is InChI=1S/C66H38N6S3/c1-4-13-40(14-5-1)61-67-62(41-15-6-2-7-16-41)69-64(68-61)43-25-23-39(24-26-43)44-28-32-57-52(35-44)50-31-27-45(38-59(50)74-57)48-20-12-21-51-54-37-47(30-34-58(54)75-60(48)51)66-71-63(42-17-8-3-9-18-42)70-65(72-66)46-29-33-56-53(36-46)49-19-10-11-22-55(49)73-56/h1-38H. The van der Waals surface area contributed by atoms with Crippen LogP contribution in [0.5, 0.6) is 0 Å². The number of thiophene rings is 3. The highest BCUT2D eigenvalue weighted by atomic mass is 32.1. The zero-order valence-electron chi connectivity index (χ0n) is 39.8. The average molecular weight is 1010 g/mol. The van der Waals surface area contributed by atoms with E-state index in [9.17, 15) is 0 Å². The Bertz CT molecular complexity index is 4640. The number of benzene rings is 10. The minimum atomic E-state index is 0.643. The van der Waals surface area contributed by atoms with Crippen LogP contribution >= 0.6 is 34.0 Å². The minimum Gasteiger partial charge on any atom is -0.208 e. The number of hydrogen-bond donors (Lipinski definition) is 0. The third kappa shape index (κ3) is 7.75. The molecule has 0 amide bonds. The smallest absolute Gasteiger partial charge is 0.164 e. The molecule has 10 aromatic carbocycles. The first-order chi connectivity index (χ1) is 37.1. The van der Waals surface area contributed by atoms with Crippen molar-refractivity contribution in [3.8, 4) is 90.6 Å². The lowest BCUT2D eigenvalue weighted by molar-refractivity contribution is 1.07. The third-order valence-corrected chi connectivity index (χ3v) is 17.5. The molecule has 15 rings (SSSR count). The molecular weight excluding hydrogens is 973 g/mol. The summed E-state index contributed by atoms with van der Waals surface area (Å²) >= 11 is 5.50. The molecule has 0 aliphatic heterocycles. The second-order valence-electron chi connectivity index (χ2n) is 18.6. The van der Waals surface area contributed by atoms with Crippen molar-refractivity contribution in [2.75, 3.05) is 0 Å². The molecule has 75 heavy (non-hydrogen) atoms. The number of nitrogens with zero attached hydrogens (tertiary/aromatic N) is 6. The molecule has 350 valence electrons. The first-order valence-electron chi connectivity index (χ1n) is 24.7. The van der Waals surface area contributed by atoms with Gasteiger partial charge in [0.1, 0.15) is 0 Å². The second kappa shape index (κ2) is 17.8. The maximum atomic E-state index is 5.19. The van der Waals surface area contributed by atoms with Crippen molar-refractivity contribution in [3.05, 3.63) is 231 Å². The Hall–Kier alpha value is -9.12. The van der Waals surface area contributed by atoms with Crippen molar-refractivity contribution in [1.29, 1.82) is 0 Å². The maximum absolute atomic E-state index is 5.19. The summed E-state index contributed by atoms with van der Waals surface area (Å²) in [6.45, 7) is 0. The summed E-state index contributed by atoms with van der Waals surface area (Å²) in [5.74, 6) is 3.90. The van der Waals surface area contributed by atoms with E-state index in [1.54, 1.807) is 0 Å². The van der Waals surface area contributed by atoms with Gasteiger partial charge in [0.15, 0.2) is 34.9 Å². The number of aromatic nitrogens is 6. The van der Waals surface area contributed by atoms with Crippen LogP contribution in [0.2, 0.25) is 0 Å². The average Bonchev–Trinajstić information content (AvgIpc) is 4.20. The van der Waals surface area contributed by atoms with Gasteiger partial charge in [-0.1, -0.05) is 170 Å². The Labute approximate surface area is 442 Å². The number of rotatable bonds is 8. The van der Waals surface area contributed by atoms with Gasteiger partial charge in [-0.15, -0.1) is 34.0 Å². The molecule has 0 saturated heterocycles. The lowest BCUT2D eigenvalue weighted by Crippen LogP contribution is -2.00. The predicted octanol–water partition coefficient (Wildman–Crippen LogP) is 18.5. The van der Waals surface area contributed by atoms with Gasteiger partial charge in [-0.2, -0.15) is 0 Å². The van der Waals surface area contributed by atoms with E-state index in [2.05, 4.69) is 152 Å². The monoisotopic (exact) mass is 1010 g/mol. The molecule has 0 atom stereocenters. The highest BCUT2D eigenvalue weighted by Crippen LogP contribution is 2.44.